The van der Waals surface area contributed by atoms with Crippen LogP contribution in [0.4, 0.5) is 0 Å². The minimum absolute atomic E-state index is 0.0953. The number of amides is 1. The Bertz CT molecular complexity index is 826. The first kappa shape index (κ1) is 20.4. The summed E-state index contributed by atoms with van der Waals surface area (Å²) in [6, 6.07) is 8.63. The zero-order valence-corrected chi connectivity index (χ0v) is 17.7. The Balaban J connectivity index is 1.71. The van der Waals surface area contributed by atoms with E-state index in [4.69, 9.17) is 9.72 Å². The molecule has 6 heteroatoms. The van der Waals surface area contributed by atoms with Gasteiger partial charge in [0.05, 0.1) is 12.8 Å². The second-order valence-corrected chi connectivity index (χ2v) is 7.96. The average molecular weight is 385 g/mol. The number of fused-ring (bicyclic) bond motifs is 1. The van der Waals surface area contributed by atoms with Gasteiger partial charge in [0.15, 0.2) is 5.82 Å². The topological polar surface area (TPSA) is 59.4 Å². The molecule has 0 atom stereocenters. The molecule has 1 aliphatic heterocycles. The molecule has 2 aromatic rings. The quantitative estimate of drug-likeness (QED) is 0.796. The van der Waals surface area contributed by atoms with E-state index in [1.165, 1.54) is 5.69 Å². The van der Waals surface area contributed by atoms with E-state index in [2.05, 4.69) is 42.5 Å². The van der Waals surface area contributed by atoms with Gasteiger partial charge in [-0.3, -0.25) is 9.69 Å². The van der Waals surface area contributed by atoms with E-state index in [1.807, 2.05) is 24.3 Å². The Hall–Kier alpha value is -2.34. The van der Waals surface area contributed by atoms with E-state index in [0.29, 0.717) is 18.4 Å². The van der Waals surface area contributed by atoms with Gasteiger partial charge in [0.1, 0.15) is 5.75 Å². The van der Waals surface area contributed by atoms with E-state index < -0.39 is 0 Å². The predicted molar refractivity (Wildman–Crippen MR) is 111 cm³/mol. The lowest BCUT2D eigenvalue weighted by atomic mass is 10.1. The molecule has 0 saturated carbocycles. The maximum absolute atomic E-state index is 12.9. The number of carbonyl (C=O) groups excluding carboxylic acids is 1. The second-order valence-electron chi connectivity index (χ2n) is 7.96. The van der Waals surface area contributed by atoms with Crippen molar-refractivity contribution in [2.24, 2.45) is 0 Å². The van der Waals surface area contributed by atoms with Gasteiger partial charge in [0, 0.05) is 43.8 Å². The first-order chi connectivity index (χ1) is 13.4. The molecule has 1 aliphatic rings. The maximum atomic E-state index is 12.9. The minimum Gasteiger partial charge on any atom is -0.497 e. The van der Waals surface area contributed by atoms with Crippen molar-refractivity contribution in [2.75, 3.05) is 20.2 Å². The fraction of sp³-hybridized carbons (Fsp3) is 0.545. The summed E-state index contributed by atoms with van der Waals surface area (Å²) in [5.74, 6) is 1.28. The summed E-state index contributed by atoms with van der Waals surface area (Å²) < 4.78 is 7.38. The van der Waals surface area contributed by atoms with Crippen molar-refractivity contribution < 1.29 is 9.53 Å². The summed E-state index contributed by atoms with van der Waals surface area (Å²) in [5, 5.41) is 3.05. The highest BCUT2D eigenvalue weighted by atomic mass is 16.5. The fourth-order valence-electron chi connectivity index (χ4n) is 3.81. The molecular formula is C22H32N4O2. The number of hydrogen-bond donors (Lipinski definition) is 1. The van der Waals surface area contributed by atoms with E-state index in [-0.39, 0.29) is 11.9 Å². The van der Waals surface area contributed by atoms with Crippen LogP contribution in [0, 0.1) is 0 Å². The molecule has 0 saturated heterocycles. The van der Waals surface area contributed by atoms with Crippen LogP contribution in [-0.4, -0.2) is 46.6 Å². The number of imidazole rings is 1. The van der Waals surface area contributed by atoms with Gasteiger partial charge in [0.2, 0.25) is 0 Å². The van der Waals surface area contributed by atoms with Gasteiger partial charge in [-0.05, 0) is 51.8 Å². The van der Waals surface area contributed by atoms with Crippen LogP contribution < -0.4 is 10.1 Å². The molecule has 2 heterocycles. The van der Waals surface area contributed by atoms with Crippen LogP contribution in [-0.2, 0) is 19.4 Å². The smallest absolute Gasteiger partial charge is 0.287 e. The average Bonchev–Trinajstić information content (AvgIpc) is 3.07. The first-order valence-corrected chi connectivity index (χ1v) is 10.2. The lowest BCUT2D eigenvalue weighted by molar-refractivity contribution is 0.0937. The molecule has 1 aromatic heterocycles. The van der Waals surface area contributed by atoms with E-state index in [9.17, 15) is 4.79 Å². The van der Waals surface area contributed by atoms with Gasteiger partial charge in [-0.1, -0.05) is 12.1 Å². The largest absolute Gasteiger partial charge is 0.497 e. The van der Waals surface area contributed by atoms with Gasteiger partial charge in [-0.25, -0.2) is 4.98 Å². The predicted octanol–water partition coefficient (Wildman–Crippen LogP) is 3.21. The van der Waals surface area contributed by atoms with Crippen molar-refractivity contribution in [2.45, 2.75) is 59.2 Å². The summed E-state index contributed by atoms with van der Waals surface area (Å²) in [7, 11) is 1.66. The van der Waals surface area contributed by atoms with E-state index in [0.717, 1.165) is 42.9 Å². The van der Waals surface area contributed by atoms with E-state index >= 15 is 0 Å². The Morgan fingerprint density at radius 3 is 2.71 bits per heavy atom. The standard InChI is InChI=1S/C22H32N4O2/c1-15(2)25-12-10-20-19(14-25)24-21(26(20)16(3)4)22(27)23-11-9-17-7-6-8-18(13-17)28-5/h6-8,13,15-16H,9-12,14H2,1-5H3,(H,23,27). The lowest BCUT2D eigenvalue weighted by Crippen LogP contribution is -2.36. The SMILES string of the molecule is COc1cccc(CCNC(=O)c2nc3c(n2C(C)C)CCN(C(C)C)C3)c1. The molecule has 0 radical (unpaired) electrons. The maximum Gasteiger partial charge on any atom is 0.287 e. The molecule has 3 rings (SSSR count). The van der Waals surface area contributed by atoms with Gasteiger partial charge >= 0.3 is 0 Å². The molecule has 0 bridgehead atoms. The van der Waals surface area contributed by atoms with Gasteiger partial charge in [-0.15, -0.1) is 0 Å². The van der Waals surface area contributed by atoms with Crippen molar-refractivity contribution in [1.29, 1.82) is 0 Å². The summed E-state index contributed by atoms with van der Waals surface area (Å²) in [6.45, 7) is 11.0. The number of aromatic nitrogens is 2. The number of carbonyl (C=O) groups is 1. The van der Waals surface area contributed by atoms with Crippen LogP contribution in [0.1, 0.15) is 61.3 Å². The third-order valence-electron chi connectivity index (χ3n) is 5.36. The number of benzene rings is 1. The summed E-state index contributed by atoms with van der Waals surface area (Å²) in [5.41, 5.74) is 3.40. The van der Waals surface area contributed by atoms with Crippen molar-refractivity contribution >= 4 is 5.91 Å². The normalized spacial score (nSPS) is 14.4. The van der Waals surface area contributed by atoms with Crippen molar-refractivity contribution in [3.05, 3.63) is 47.0 Å². The molecule has 0 aliphatic carbocycles. The van der Waals surface area contributed by atoms with Gasteiger partial charge in [0.25, 0.3) is 5.91 Å². The highest BCUT2D eigenvalue weighted by Crippen LogP contribution is 2.25. The minimum atomic E-state index is -0.0953. The van der Waals surface area contributed by atoms with Crippen LogP contribution >= 0.6 is 0 Å². The van der Waals surface area contributed by atoms with Crippen LogP contribution in [0.15, 0.2) is 24.3 Å². The Morgan fingerprint density at radius 2 is 2.04 bits per heavy atom. The number of rotatable bonds is 7. The Kier molecular flexibility index (Phi) is 6.39. The summed E-state index contributed by atoms with van der Waals surface area (Å²) in [4.78, 5) is 20.0. The summed E-state index contributed by atoms with van der Waals surface area (Å²) in [6.07, 6.45) is 1.70. The molecule has 0 spiro atoms. The Labute approximate surface area is 167 Å². The molecule has 1 aromatic carbocycles. The molecular weight excluding hydrogens is 352 g/mol. The highest BCUT2D eigenvalue weighted by Gasteiger charge is 2.28. The van der Waals surface area contributed by atoms with Crippen LogP contribution in [0.3, 0.4) is 0 Å². The summed E-state index contributed by atoms with van der Waals surface area (Å²) >= 11 is 0. The van der Waals surface area contributed by atoms with Crippen LogP contribution in [0.5, 0.6) is 5.75 Å². The molecule has 0 unspecified atom stereocenters. The van der Waals surface area contributed by atoms with Crippen molar-refractivity contribution in [3.63, 3.8) is 0 Å². The van der Waals surface area contributed by atoms with Crippen LogP contribution in [0.25, 0.3) is 0 Å². The fourth-order valence-corrected chi connectivity index (χ4v) is 3.81. The van der Waals surface area contributed by atoms with Crippen molar-refractivity contribution in [1.82, 2.24) is 19.8 Å². The highest BCUT2D eigenvalue weighted by molar-refractivity contribution is 5.91. The molecule has 1 amide bonds. The first-order valence-electron chi connectivity index (χ1n) is 10.2. The molecule has 152 valence electrons. The van der Waals surface area contributed by atoms with Gasteiger partial charge in [-0.2, -0.15) is 0 Å². The van der Waals surface area contributed by atoms with E-state index in [1.54, 1.807) is 7.11 Å². The molecule has 6 nitrogen and oxygen atoms in total. The number of methoxy groups -OCH3 is 1. The zero-order valence-electron chi connectivity index (χ0n) is 17.7. The lowest BCUT2D eigenvalue weighted by Gasteiger charge is -2.30. The molecule has 1 N–H and O–H groups in total. The number of hydrogen-bond acceptors (Lipinski definition) is 4. The number of nitrogens with zero attached hydrogens (tertiary/aromatic N) is 3. The third kappa shape index (κ3) is 4.38. The third-order valence-corrected chi connectivity index (χ3v) is 5.36. The number of ether oxygens (including phenoxy) is 1. The van der Waals surface area contributed by atoms with Crippen molar-refractivity contribution in [3.8, 4) is 5.75 Å². The van der Waals surface area contributed by atoms with Gasteiger partial charge < -0.3 is 14.6 Å². The second kappa shape index (κ2) is 8.78. The Morgan fingerprint density at radius 1 is 1.25 bits per heavy atom. The van der Waals surface area contributed by atoms with Crippen LogP contribution in [0.2, 0.25) is 0 Å². The number of nitrogens with one attached hydrogen (secondary N) is 1. The monoisotopic (exact) mass is 384 g/mol. The molecule has 0 fully saturated rings. The zero-order chi connectivity index (χ0) is 20.3. The molecule has 28 heavy (non-hydrogen) atoms.